The van der Waals surface area contributed by atoms with Crippen molar-refractivity contribution in [3.8, 4) is 0 Å². The van der Waals surface area contributed by atoms with Crippen LogP contribution >= 0.6 is 0 Å². The van der Waals surface area contributed by atoms with E-state index in [9.17, 15) is 9.59 Å². The van der Waals surface area contributed by atoms with Gasteiger partial charge in [-0.05, 0) is 18.8 Å². The Morgan fingerprint density at radius 2 is 2.21 bits per heavy atom. The van der Waals surface area contributed by atoms with E-state index in [-0.39, 0.29) is 29.0 Å². The largest absolute Gasteiger partial charge is 0.352 e. The molecule has 0 spiro atoms. The summed E-state index contributed by atoms with van der Waals surface area (Å²) in [7, 11) is 1.49. The molecule has 1 amide bonds. The second-order valence-corrected chi connectivity index (χ2v) is 5.03. The van der Waals surface area contributed by atoms with Crippen LogP contribution in [0.1, 0.15) is 30.3 Å². The Hall–Kier alpha value is -2.25. The number of nitrogens with one attached hydrogen (secondary N) is 1. The molecule has 1 aliphatic rings. The van der Waals surface area contributed by atoms with Crippen molar-refractivity contribution in [2.45, 2.75) is 25.8 Å². The first-order valence-electron chi connectivity index (χ1n) is 6.14. The van der Waals surface area contributed by atoms with Crippen molar-refractivity contribution in [3.05, 3.63) is 22.5 Å². The number of hydrogen-bond donors (Lipinski definition) is 1. The number of imidazole rings is 1. The Morgan fingerprint density at radius 3 is 2.89 bits per heavy atom. The highest BCUT2D eigenvalue weighted by molar-refractivity contribution is 5.98. The fourth-order valence-electron chi connectivity index (χ4n) is 2.32. The van der Waals surface area contributed by atoms with Gasteiger partial charge in [0.15, 0.2) is 11.3 Å². The molecule has 1 fully saturated rings. The van der Waals surface area contributed by atoms with E-state index in [0.29, 0.717) is 5.92 Å². The van der Waals surface area contributed by atoms with Crippen LogP contribution in [0.5, 0.6) is 0 Å². The molecule has 1 saturated carbocycles. The van der Waals surface area contributed by atoms with Gasteiger partial charge in [-0.2, -0.15) is 4.68 Å². The van der Waals surface area contributed by atoms with Crippen LogP contribution in [0.3, 0.4) is 0 Å². The molecule has 2 aromatic rings. The standard InChI is InChI=1S/C11H14N6O2/c1-6-3-7(4-6)13-10(18)8-9-14-15-16(2)11(19)17(9)5-12-8/h5-7H,3-4H2,1-2H3,(H,13,18). The monoisotopic (exact) mass is 262 g/mol. The van der Waals surface area contributed by atoms with Crippen LogP contribution in [0, 0.1) is 5.92 Å². The lowest BCUT2D eigenvalue weighted by molar-refractivity contribution is 0.0893. The Bertz CT molecular complexity index is 697. The van der Waals surface area contributed by atoms with E-state index in [4.69, 9.17) is 0 Å². The zero-order valence-corrected chi connectivity index (χ0v) is 10.7. The molecule has 8 nitrogen and oxygen atoms in total. The van der Waals surface area contributed by atoms with Crippen LogP contribution in [0.2, 0.25) is 0 Å². The maximum atomic E-state index is 12.1. The highest BCUT2D eigenvalue weighted by atomic mass is 16.2. The van der Waals surface area contributed by atoms with Crippen molar-refractivity contribution < 1.29 is 4.79 Å². The average Bonchev–Trinajstić information content (AvgIpc) is 2.76. The van der Waals surface area contributed by atoms with Gasteiger partial charge in [-0.3, -0.25) is 4.79 Å². The Balaban J connectivity index is 1.91. The minimum absolute atomic E-state index is 0.143. The maximum Gasteiger partial charge on any atom is 0.352 e. The summed E-state index contributed by atoms with van der Waals surface area (Å²) < 4.78 is 2.30. The van der Waals surface area contributed by atoms with Gasteiger partial charge in [0.25, 0.3) is 5.91 Å². The lowest BCUT2D eigenvalue weighted by Gasteiger charge is -2.32. The highest BCUT2D eigenvalue weighted by Crippen LogP contribution is 2.26. The molecule has 1 N–H and O–H groups in total. The van der Waals surface area contributed by atoms with E-state index in [0.717, 1.165) is 17.5 Å². The van der Waals surface area contributed by atoms with E-state index in [2.05, 4.69) is 27.5 Å². The first kappa shape index (κ1) is 11.8. The number of aromatic nitrogens is 5. The van der Waals surface area contributed by atoms with Gasteiger partial charge < -0.3 is 5.32 Å². The topological polar surface area (TPSA) is 94.2 Å². The first-order valence-corrected chi connectivity index (χ1v) is 6.14. The van der Waals surface area contributed by atoms with Crippen LogP contribution in [-0.4, -0.2) is 36.3 Å². The van der Waals surface area contributed by atoms with E-state index in [1.807, 2.05) is 0 Å². The van der Waals surface area contributed by atoms with Crippen LogP contribution in [0.4, 0.5) is 0 Å². The number of hydrogen-bond acceptors (Lipinski definition) is 5. The van der Waals surface area contributed by atoms with Crippen LogP contribution in [0.15, 0.2) is 11.1 Å². The lowest BCUT2D eigenvalue weighted by Crippen LogP contribution is -2.43. The summed E-state index contributed by atoms with van der Waals surface area (Å²) in [5, 5.41) is 10.4. The predicted molar refractivity (Wildman–Crippen MR) is 65.7 cm³/mol. The first-order chi connectivity index (χ1) is 9.06. The molecule has 1 aliphatic carbocycles. The summed E-state index contributed by atoms with van der Waals surface area (Å²) in [6, 6.07) is 0.193. The number of aryl methyl sites for hydroxylation is 1. The van der Waals surface area contributed by atoms with Gasteiger partial charge in [0.05, 0.1) is 0 Å². The van der Waals surface area contributed by atoms with Crippen molar-refractivity contribution in [3.63, 3.8) is 0 Å². The predicted octanol–water partition coefficient (Wildman–Crippen LogP) is -0.649. The van der Waals surface area contributed by atoms with Gasteiger partial charge in [-0.15, -0.1) is 5.10 Å². The molecule has 0 aliphatic heterocycles. The second-order valence-electron chi connectivity index (χ2n) is 5.03. The number of rotatable bonds is 2. The number of amides is 1. The average molecular weight is 262 g/mol. The van der Waals surface area contributed by atoms with Gasteiger partial charge in [0, 0.05) is 13.1 Å². The van der Waals surface area contributed by atoms with E-state index in [1.165, 1.54) is 17.8 Å². The third-order valence-electron chi connectivity index (χ3n) is 3.42. The lowest BCUT2D eigenvalue weighted by atomic mass is 9.82. The van der Waals surface area contributed by atoms with Gasteiger partial charge in [-0.25, -0.2) is 14.2 Å². The van der Waals surface area contributed by atoms with E-state index >= 15 is 0 Å². The number of carbonyl (C=O) groups excluding carboxylic acids is 1. The minimum atomic E-state index is -0.381. The SMILES string of the molecule is CC1CC(NC(=O)c2ncn3c(=O)n(C)nnc23)C1. The molecule has 0 aromatic carbocycles. The van der Waals surface area contributed by atoms with Crippen LogP contribution in [-0.2, 0) is 7.05 Å². The summed E-state index contributed by atoms with van der Waals surface area (Å²) in [5.74, 6) is 0.345. The molecule has 0 saturated heterocycles. The summed E-state index contributed by atoms with van der Waals surface area (Å²) in [5.41, 5.74) is -0.0495. The van der Waals surface area contributed by atoms with Gasteiger partial charge in [0.2, 0.25) is 0 Å². The summed E-state index contributed by atoms with van der Waals surface area (Å²) in [6.45, 7) is 2.14. The molecule has 0 atom stereocenters. The molecule has 8 heteroatoms. The maximum absolute atomic E-state index is 12.1. The molecular formula is C11H14N6O2. The molecule has 100 valence electrons. The smallest absolute Gasteiger partial charge is 0.348 e. The number of nitrogens with zero attached hydrogens (tertiary/aromatic N) is 5. The zero-order chi connectivity index (χ0) is 13.6. The fraction of sp³-hybridized carbons (Fsp3) is 0.545. The van der Waals surface area contributed by atoms with Gasteiger partial charge >= 0.3 is 5.69 Å². The third-order valence-corrected chi connectivity index (χ3v) is 3.42. The molecule has 2 aromatic heterocycles. The third kappa shape index (κ3) is 1.88. The zero-order valence-electron chi connectivity index (χ0n) is 10.7. The molecular weight excluding hydrogens is 248 g/mol. The van der Waals surface area contributed by atoms with E-state index in [1.54, 1.807) is 0 Å². The molecule has 19 heavy (non-hydrogen) atoms. The molecule has 0 unspecified atom stereocenters. The fourth-order valence-corrected chi connectivity index (χ4v) is 2.32. The Labute approximate surface area is 108 Å². The van der Waals surface area contributed by atoms with Crippen molar-refractivity contribution in [1.82, 2.24) is 29.7 Å². The molecule has 2 heterocycles. The number of carbonyl (C=O) groups is 1. The van der Waals surface area contributed by atoms with Crippen molar-refractivity contribution in [2.24, 2.45) is 13.0 Å². The molecule has 0 bridgehead atoms. The Morgan fingerprint density at radius 1 is 1.47 bits per heavy atom. The number of fused-ring (bicyclic) bond motifs is 1. The minimum Gasteiger partial charge on any atom is -0.348 e. The summed E-state index contributed by atoms with van der Waals surface area (Å²) in [4.78, 5) is 27.8. The molecule has 3 rings (SSSR count). The second kappa shape index (κ2) is 4.15. The normalized spacial score (nSPS) is 22.2. The summed E-state index contributed by atoms with van der Waals surface area (Å²) in [6.07, 6.45) is 3.25. The van der Waals surface area contributed by atoms with Crippen molar-refractivity contribution in [1.29, 1.82) is 0 Å². The van der Waals surface area contributed by atoms with E-state index < -0.39 is 0 Å². The molecule has 0 radical (unpaired) electrons. The summed E-state index contributed by atoms with van der Waals surface area (Å²) >= 11 is 0. The van der Waals surface area contributed by atoms with Crippen LogP contribution < -0.4 is 11.0 Å². The quantitative estimate of drug-likeness (QED) is 0.776. The van der Waals surface area contributed by atoms with Crippen molar-refractivity contribution >= 4 is 11.6 Å². The van der Waals surface area contributed by atoms with Gasteiger partial charge in [0.1, 0.15) is 6.33 Å². The van der Waals surface area contributed by atoms with Gasteiger partial charge in [-0.1, -0.05) is 12.1 Å². The highest BCUT2D eigenvalue weighted by Gasteiger charge is 2.28. The van der Waals surface area contributed by atoms with Crippen LogP contribution in [0.25, 0.3) is 5.65 Å². The van der Waals surface area contributed by atoms with Crippen molar-refractivity contribution in [2.75, 3.05) is 0 Å². The Kier molecular flexibility index (Phi) is 2.58.